The van der Waals surface area contributed by atoms with Crippen LogP contribution in [-0.2, 0) is 12.8 Å². The maximum absolute atomic E-state index is 10.5. The van der Waals surface area contributed by atoms with E-state index < -0.39 is 0 Å². The van der Waals surface area contributed by atoms with Crippen molar-refractivity contribution < 1.29 is 10.2 Å². The van der Waals surface area contributed by atoms with Crippen molar-refractivity contribution in [3.8, 4) is 22.6 Å². The predicted octanol–water partition coefficient (Wildman–Crippen LogP) is 4.61. The Morgan fingerprint density at radius 1 is 1.23 bits per heavy atom. The van der Waals surface area contributed by atoms with Gasteiger partial charge in [0.2, 0.25) is 0 Å². The van der Waals surface area contributed by atoms with Crippen LogP contribution in [-0.4, -0.2) is 33.7 Å². The molecule has 5 rings (SSSR count). The molecule has 0 spiro atoms. The lowest BCUT2D eigenvalue weighted by Gasteiger charge is -2.40. The van der Waals surface area contributed by atoms with E-state index in [9.17, 15) is 10.2 Å². The molecule has 7 heteroatoms. The molecule has 1 aromatic heterocycles. The van der Waals surface area contributed by atoms with E-state index in [0.29, 0.717) is 6.04 Å². The molecule has 0 saturated carbocycles. The van der Waals surface area contributed by atoms with E-state index in [-0.39, 0.29) is 36.3 Å². The van der Waals surface area contributed by atoms with E-state index in [1.165, 1.54) is 15.8 Å². The minimum Gasteiger partial charge on any atom is -0.504 e. The van der Waals surface area contributed by atoms with Crippen LogP contribution in [0.15, 0.2) is 18.2 Å². The first-order chi connectivity index (χ1) is 11.5. The molecule has 138 valence electrons. The van der Waals surface area contributed by atoms with Crippen molar-refractivity contribution in [2.75, 3.05) is 13.6 Å². The van der Waals surface area contributed by atoms with Crippen molar-refractivity contribution in [1.82, 2.24) is 9.88 Å². The molecule has 1 atom stereocenters. The average molecular weight is 411 g/mol. The quantitative estimate of drug-likeness (QED) is 0.531. The zero-order valence-electron chi connectivity index (χ0n) is 14.4. The fourth-order valence-corrected chi connectivity index (χ4v) is 5.30. The van der Waals surface area contributed by atoms with Gasteiger partial charge in [-0.15, -0.1) is 36.2 Å². The highest BCUT2D eigenvalue weighted by atomic mass is 35.5. The maximum Gasteiger partial charge on any atom is 0.165 e. The Labute approximate surface area is 168 Å². The zero-order valence-corrected chi connectivity index (χ0v) is 16.9. The van der Waals surface area contributed by atoms with Gasteiger partial charge in [-0.05, 0) is 61.2 Å². The maximum atomic E-state index is 10.5. The monoisotopic (exact) mass is 410 g/mol. The number of nitrogens with zero attached hydrogens (tertiary/aromatic N) is 2. The highest BCUT2D eigenvalue weighted by Gasteiger charge is 2.36. The molecule has 0 unspecified atom stereocenters. The minimum absolute atomic E-state index is 0. The second-order valence-electron chi connectivity index (χ2n) is 6.82. The summed E-state index contributed by atoms with van der Waals surface area (Å²) in [6.07, 6.45) is 1.87. The standard InChI is InChI=1S/C19H18N2O2S.2ClH/c1-9-20-13-8-12-16-10(3-4-15(22)18(16)23)7-14-17(12)11(19(13)24-9)5-6-21(14)2;;/h3-4,8,14,22-23H,5-7H2,1-2H3;2*1H/t14-;;/m1../s1. The second-order valence-corrected chi connectivity index (χ2v) is 8.02. The van der Waals surface area contributed by atoms with Gasteiger partial charge in [-0.3, -0.25) is 4.90 Å². The second kappa shape index (κ2) is 6.57. The number of aryl methyl sites for hydroxylation is 1. The van der Waals surface area contributed by atoms with Gasteiger partial charge >= 0.3 is 0 Å². The van der Waals surface area contributed by atoms with Gasteiger partial charge in [-0.25, -0.2) is 4.98 Å². The molecule has 1 aliphatic heterocycles. The smallest absolute Gasteiger partial charge is 0.165 e. The predicted molar refractivity (Wildman–Crippen MR) is 110 cm³/mol. The first kappa shape index (κ1) is 19.2. The summed E-state index contributed by atoms with van der Waals surface area (Å²) >= 11 is 1.76. The summed E-state index contributed by atoms with van der Waals surface area (Å²) in [6, 6.07) is 5.95. The van der Waals surface area contributed by atoms with Gasteiger partial charge in [-0.1, -0.05) is 6.07 Å². The summed E-state index contributed by atoms with van der Waals surface area (Å²) in [5.74, 6) is -0.0626. The summed E-state index contributed by atoms with van der Waals surface area (Å²) in [7, 11) is 2.17. The number of fused-ring (bicyclic) bond motifs is 4. The van der Waals surface area contributed by atoms with Crippen LogP contribution in [0.5, 0.6) is 11.5 Å². The topological polar surface area (TPSA) is 56.6 Å². The van der Waals surface area contributed by atoms with Crippen molar-refractivity contribution >= 4 is 46.4 Å². The summed E-state index contributed by atoms with van der Waals surface area (Å²) in [4.78, 5) is 7.09. The third-order valence-corrected chi connectivity index (χ3v) is 6.48. The molecule has 26 heavy (non-hydrogen) atoms. The largest absolute Gasteiger partial charge is 0.504 e. The van der Waals surface area contributed by atoms with E-state index in [0.717, 1.165) is 46.6 Å². The van der Waals surface area contributed by atoms with Crippen molar-refractivity contribution in [2.45, 2.75) is 25.8 Å². The van der Waals surface area contributed by atoms with Crippen LogP contribution < -0.4 is 0 Å². The Balaban J connectivity index is 0.000000980. The number of rotatable bonds is 0. The first-order valence-corrected chi connectivity index (χ1v) is 9.03. The molecule has 0 fully saturated rings. The van der Waals surface area contributed by atoms with Crippen molar-refractivity contribution in [2.24, 2.45) is 0 Å². The molecule has 4 nitrogen and oxygen atoms in total. The molecule has 2 N–H and O–H groups in total. The van der Waals surface area contributed by atoms with E-state index in [4.69, 9.17) is 0 Å². The number of hydrogen-bond acceptors (Lipinski definition) is 5. The number of aromatic nitrogens is 1. The number of thiazole rings is 1. The highest BCUT2D eigenvalue weighted by molar-refractivity contribution is 7.18. The van der Waals surface area contributed by atoms with Crippen LogP contribution in [0.25, 0.3) is 21.3 Å². The number of benzene rings is 2. The molecule has 0 amide bonds. The van der Waals surface area contributed by atoms with Crippen LogP contribution >= 0.6 is 36.2 Å². The summed E-state index contributed by atoms with van der Waals surface area (Å²) in [6.45, 7) is 3.08. The molecule has 2 aliphatic rings. The van der Waals surface area contributed by atoms with Crippen LogP contribution in [0.4, 0.5) is 0 Å². The molecular weight excluding hydrogens is 391 g/mol. The molecule has 0 bridgehead atoms. The van der Waals surface area contributed by atoms with Crippen molar-refractivity contribution in [1.29, 1.82) is 0 Å². The summed E-state index contributed by atoms with van der Waals surface area (Å²) in [5, 5.41) is 21.6. The number of aromatic hydroxyl groups is 2. The molecule has 2 aromatic carbocycles. The van der Waals surface area contributed by atoms with Gasteiger partial charge < -0.3 is 10.2 Å². The number of phenolic OH excluding ortho intramolecular Hbond substituents is 2. The van der Waals surface area contributed by atoms with E-state index in [1.807, 2.05) is 13.0 Å². The number of phenols is 2. The first-order valence-electron chi connectivity index (χ1n) is 8.22. The molecule has 0 saturated heterocycles. The van der Waals surface area contributed by atoms with Gasteiger partial charge in [0.05, 0.1) is 15.2 Å². The fourth-order valence-electron chi connectivity index (χ4n) is 4.32. The molecule has 0 radical (unpaired) electrons. The Morgan fingerprint density at radius 3 is 2.77 bits per heavy atom. The number of hydrogen-bond donors (Lipinski definition) is 2. The van der Waals surface area contributed by atoms with Gasteiger partial charge in [0, 0.05) is 18.2 Å². The van der Waals surface area contributed by atoms with Crippen LogP contribution in [0.1, 0.15) is 27.7 Å². The van der Waals surface area contributed by atoms with Gasteiger partial charge in [0.25, 0.3) is 0 Å². The van der Waals surface area contributed by atoms with E-state index in [2.05, 4.69) is 23.0 Å². The SMILES string of the molecule is Cc1nc2cc3c4c(c2s1)CCN(C)[C@@H]4Cc1ccc(O)c(O)c1-3.Cl.Cl. The lowest BCUT2D eigenvalue weighted by Crippen LogP contribution is -2.35. The molecule has 1 aliphatic carbocycles. The van der Waals surface area contributed by atoms with Gasteiger partial charge in [0.15, 0.2) is 11.5 Å². The van der Waals surface area contributed by atoms with Crippen LogP contribution in [0.2, 0.25) is 0 Å². The molecule has 2 heterocycles. The summed E-state index contributed by atoms with van der Waals surface area (Å²) in [5.41, 5.74) is 6.61. The highest BCUT2D eigenvalue weighted by Crippen LogP contribution is 2.52. The van der Waals surface area contributed by atoms with Crippen LogP contribution in [0.3, 0.4) is 0 Å². The average Bonchev–Trinajstić information content (AvgIpc) is 2.93. The normalized spacial score (nSPS) is 17.8. The Hall–Kier alpha value is -1.53. The van der Waals surface area contributed by atoms with E-state index >= 15 is 0 Å². The van der Waals surface area contributed by atoms with Gasteiger partial charge in [-0.2, -0.15) is 0 Å². The molecular formula is C19H20Cl2N2O2S. The number of halogens is 2. The van der Waals surface area contributed by atoms with Crippen molar-refractivity contribution in [3.63, 3.8) is 0 Å². The Morgan fingerprint density at radius 2 is 2.00 bits per heavy atom. The fraction of sp³-hybridized carbons (Fsp3) is 0.316. The third kappa shape index (κ3) is 2.49. The third-order valence-electron chi connectivity index (χ3n) is 5.44. The lowest BCUT2D eigenvalue weighted by atomic mass is 9.76. The Kier molecular flexibility index (Phi) is 4.86. The minimum atomic E-state index is -0.0559. The zero-order chi connectivity index (χ0) is 16.6. The van der Waals surface area contributed by atoms with Crippen LogP contribution in [0, 0.1) is 6.92 Å². The number of likely N-dealkylation sites (N-methyl/N-ethyl adjacent to an activating group) is 1. The molecule has 3 aromatic rings. The van der Waals surface area contributed by atoms with E-state index in [1.54, 1.807) is 17.4 Å². The Bertz CT molecular complexity index is 1020. The van der Waals surface area contributed by atoms with Crippen molar-refractivity contribution in [3.05, 3.63) is 39.9 Å². The van der Waals surface area contributed by atoms with Gasteiger partial charge in [0.1, 0.15) is 0 Å². The lowest BCUT2D eigenvalue weighted by molar-refractivity contribution is 0.228. The summed E-state index contributed by atoms with van der Waals surface area (Å²) < 4.78 is 1.28.